The molecule has 0 amide bonds. The van der Waals surface area contributed by atoms with E-state index in [1.807, 2.05) is 20.8 Å². The highest BCUT2D eigenvalue weighted by Crippen LogP contribution is 2.50. The molecule has 0 unspecified atom stereocenters. The minimum Gasteiger partial charge on any atom is -0.474 e. The second-order valence-electron chi connectivity index (χ2n) is 14.7. The third kappa shape index (κ3) is 7.58. The summed E-state index contributed by atoms with van der Waals surface area (Å²) in [7, 11) is -9.64. The van der Waals surface area contributed by atoms with Crippen LogP contribution in [0.3, 0.4) is 0 Å². The van der Waals surface area contributed by atoms with E-state index >= 15 is 0 Å². The summed E-state index contributed by atoms with van der Waals surface area (Å²) in [5.74, 6) is -2.27. The molecule has 1 aliphatic heterocycles. The van der Waals surface area contributed by atoms with Crippen molar-refractivity contribution in [1.82, 2.24) is 0 Å². The third-order valence-corrected chi connectivity index (χ3v) is 19.3. The van der Waals surface area contributed by atoms with Crippen LogP contribution in [0.2, 0.25) is 26.7 Å². The molecular formula is C29H54O7SSi3. The Morgan fingerprint density at radius 3 is 1.85 bits per heavy atom. The van der Waals surface area contributed by atoms with Crippen LogP contribution in [0.15, 0.2) is 46.4 Å². The van der Waals surface area contributed by atoms with Gasteiger partial charge in [0.1, 0.15) is 5.22 Å². The largest absolute Gasteiger partial charge is 0.474 e. The molecular weight excluding hydrogens is 577 g/mol. The van der Waals surface area contributed by atoms with Gasteiger partial charge in [-0.05, 0) is 38.8 Å². The van der Waals surface area contributed by atoms with Gasteiger partial charge in [0, 0.05) is 6.08 Å². The van der Waals surface area contributed by atoms with Crippen molar-refractivity contribution in [2.75, 3.05) is 6.61 Å². The Hall–Kier alpha value is -0.799. The summed E-state index contributed by atoms with van der Waals surface area (Å²) in [6.45, 7) is 24.9. The first-order valence-electron chi connectivity index (χ1n) is 14.4. The predicted molar refractivity (Wildman–Crippen MR) is 171 cm³/mol. The summed E-state index contributed by atoms with van der Waals surface area (Å²) >= 11 is 0. The summed E-state index contributed by atoms with van der Waals surface area (Å²) in [6.07, 6.45) is 0.0376. The van der Waals surface area contributed by atoms with E-state index in [1.165, 1.54) is 12.1 Å². The molecule has 1 aliphatic rings. The minimum atomic E-state index is -4.16. The molecule has 0 aromatic heterocycles. The van der Waals surface area contributed by atoms with Crippen molar-refractivity contribution in [3.05, 3.63) is 41.5 Å². The van der Waals surface area contributed by atoms with Gasteiger partial charge in [-0.3, -0.25) is 0 Å². The molecule has 2 N–H and O–H groups in total. The first-order valence-corrected chi connectivity index (χ1v) is 20.8. The van der Waals surface area contributed by atoms with Crippen LogP contribution in [0.5, 0.6) is 0 Å². The van der Waals surface area contributed by atoms with Crippen molar-refractivity contribution in [2.24, 2.45) is 0 Å². The van der Waals surface area contributed by atoms with Gasteiger partial charge in [-0.25, -0.2) is 8.42 Å². The standard InChI is InChI=1S/C29H54O7SSi3/c1-20(2)40(21(3)4,22(5)6)36-28(30)18-25(37(32,33)23-16-14-13-15-17-23)35-24(19-34-39-27(10,11)12)29(28,31)38-26(7,8)9/h13-18,20-22,24,30-31H,19,38-39H2,1-12H3/t24-,28+,29+/m1/s1. The number of benzene rings is 1. The van der Waals surface area contributed by atoms with E-state index in [0.717, 1.165) is 6.08 Å². The average Bonchev–Trinajstić information content (AvgIpc) is 2.78. The van der Waals surface area contributed by atoms with Crippen LogP contribution in [0.4, 0.5) is 0 Å². The molecule has 2 rings (SSSR count). The lowest BCUT2D eigenvalue weighted by atomic mass is 10.0. The van der Waals surface area contributed by atoms with E-state index in [-0.39, 0.29) is 38.2 Å². The second kappa shape index (κ2) is 12.4. The predicted octanol–water partition coefficient (Wildman–Crippen LogP) is 4.98. The van der Waals surface area contributed by atoms with E-state index in [0.29, 0.717) is 0 Å². The van der Waals surface area contributed by atoms with Gasteiger partial charge in [-0.15, -0.1) is 0 Å². The molecule has 0 bridgehead atoms. The van der Waals surface area contributed by atoms with E-state index < -0.39 is 59.6 Å². The zero-order valence-corrected chi connectivity index (χ0v) is 31.4. The number of sulfone groups is 1. The van der Waals surface area contributed by atoms with Crippen LogP contribution in [0.1, 0.15) is 83.1 Å². The summed E-state index contributed by atoms with van der Waals surface area (Å²) in [4.78, 5) is 0.0472. The maximum Gasteiger partial charge on any atom is 0.238 e. The lowest BCUT2D eigenvalue weighted by Crippen LogP contribution is -2.73. The zero-order chi connectivity index (χ0) is 30.9. The molecule has 3 atom stereocenters. The van der Waals surface area contributed by atoms with Crippen LogP contribution in [-0.4, -0.2) is 70.0 Å². The van der Waals surface area contributed by atoms with E-state index in [2.05, 4.69) is 62.3 Å². The molecule has 0 saturated carbocycles. The Kier molecular flexibility index (Phi) is 11.0. The van der Waals surface area contributed by atoms with Crippen LogP contribution >= 0.6 is 0 Å². The quantitative estimate of drug-likeness (QED) is 0.263. The van der Waals surface area contributed by atoms with Crippen LogP contribution in [0, 0.1) is 0 Å². The van der Waals surface area contributed by atoms with Crippen molar-refractivity contribution in [1.29, 1.82) is 0 Å². The number of rotatable bonds is 11. The van der Waals surface area contributed by atoms with Gasteiger partial charge >= 0.3 is 0 Å². The van der Waals surface area contributed by atoms with Crippen molar-refractivity contribution in [3.8, 4) is 0 Å². The van der Waals surface area contributed by atoms with Crippen molar-refractivity contribution in [2.45, 2.75) is 132 Å². The molecule has 0 spiro atoms. The Bertz CT molecular complexity index is 1100. The molecule has 0 radical (unpaired) electrons. The third-order valence-electron chi connectivity index (χ3n) is 7.69. The molecule has 11 heteroatoms. The highest BCUT2D eigenvalue weighted by atomic mass is 32.2. The fraction of sp³-hybridized carbons (Fsp3) is 0.724. The summed E-state index contributed by atoms with van der Waals surface area (Å²) in [5, 5.41) is 22.7. The Balaban J connectivity index is 2.87. The lowest BCUT2D eigenvalue weighted by molar-refractivity contribution is -0.248. The lowest BCUT2D eigenvalue weighted by Gasteiger charge is -2.55. The normalized spacial score (nSPS) is 25.5. The SMILES string of the molecule is CC(C)[Si](O[C@@]1(O)C=C(S(=O)(=O)c2ccccc2)O[C@H](CO[SiH2]C(C)(C)C)[C@]1(O)[SiH2]C(C)(C)C)(C(C)C)C(C)C. The average molecular weight is 631 g/mol. The molecule has 0 saturated heterocycles. The van der Waals surface area contributed by atoms with E-state index in [9.17, 15) is 18.6 Å². The van der Waals surface area contributed by atoms with Crippen LogP contribution in [0.25, 0.3) is 0 Å². The molecule has 1 aromatic carbocycles. The highest BCUT2D eigenvalue weighted by molar-refractivity contribution is 7.95. The molecule has 1 heterocycles. The van der Waals surface area contributed by atoms with Crippen LogP contribution < -0.4 is 0 Å². The smallest absolute Gasteiger partial charge is 0.238 e. The molecule has 1 aromatic rings. The molecule has 230 valence electrons. The van der Waals surface area contributed by atoms with Gasteiger partial charge in [-0.1, -0.05) is 101 Å². The maximum atomic E-state index is 13.9. The van der Waals surface area contributed by atoms with Gasteiger partial charge in [0.05, 0.1) is 21.0 Å². The van der Waals surface area contributed by atoms with Crippen LogP contribution in [-0.2, 0) is 23.4 Å². The van der Waals surface area contributed by atoms with Gasteiger partial charge in [0.25, 0.3) is 0 Å². The zero-order valence-electron chi connectivity index (χ0n) is 26.7. The number of ether oxygens (including phenoxy) is 1. The molecule has 0 fully saturated rings. The fourth-order valence-electron chi connectivity index (χ4n) is 6.08. The highest BCUT2D eigenvalue weighted by Gasteiger charge is 2.64. The molecule has 7 nitrogen and oxygen atoms in total. The Morgan fingerprint density at radius 1 is 0.925 bits per heavy atom. The number of hydrogen-bond donors (Lipinski definition) is 2. The number of hydrogen-bond acceptors (Lipinski definition) is 7. The van der Waals surface area contributed by atoms with E-state index in [4.69, 9.17) is 13.6 Å². The van der Waals surface area contributed by atoms with E-state index in [1.54, 1.807) is 18.2 Å². The van der Waals surface area contributed by atoms with Gasteiger partial charge in [-0.2, -0.15) is 0 Å². The van der Waals surface area contributed by atoms with Gasteiger partial charge < -0.3 is 23.8 Å². The summed E-state index contributed by atoms with van der Waals surface area (Å²) in [6, 6.07) is 8.02. The monoisotopic (exact) mass is 630 g/mol. The maximum absolute atomic E-state index is 13.9. The summed E-state index contributed by atoms with van der Waals surface area (Å²) < 4.78 is 47.1. The Labute approximate surface area is 248 Å². The van der Waals surface area contributed by atoms with Crippen molar-refractivity contribution in [3.63, 3.8) is 0 Å². The Morgan fingerprint density at radius 2 is 1.43 bits per heavy atom. The van der Waals surface area contributed by atoms with Gasteiger partial charge in [0.15, 0.2) is 15.9 Å². The summed E-state index contributed by atoms with van der Waals surface area (Å²) in [5.41, 5.74) is 0.265. The first-order chi connectivity index (χ1) is 18.0. The van der Waals surface area contributed by atoms with Crippen molar-refractivity contribution >= 4 is 37.4 Å². The van der Waals surface area contributed by atoms with Gasteiger partial charge in [0.2, 0.25) is 29.0 Å². The fourth-order valence-corrected chi connectivity index (χ4v) is 16.4. The topological polar surface area (TPSA) is 102 Å². The molecule has 40 heavy (non-hydrogen) atoms. The molecule has 0 aliphatic carbocycles. The second-order valence-corrected chi connectivity index (χ2v) is 28.4. The first kappa shape index (κ1) is 35.4. The number of aliphatic hydroxyl groups is 2. The minimum absolute atomic E-state index is 0.0230. The van der Waals surface area contributed by atoms with Crippen molar-refractivity contribution < 1.29 is 32.2 Å².